The molecule has 0 amide bonds. The standard InChI is InChI=1S/C22H19N5O/c1-26-14-18-17(7-3-8-19(18)25-26)16-6-2-5-15(11-16)13-27-21(28)12-24-20-9-4-10-23-22(20)27/h2,4-7,9-12,14H,3,8,13H2,1H3. The van der Waals surface area contributed by atoms with Crippen LogP contribution in [-0.2, 0) is 20.0 Å². The quantitative estimate of drug-likeness (QED) is 0.557. The van der Waals surface area contributed by atoms with E-state index in [1.807, 2.05) is 36.0 Å². The Morgan fingerprint density at radius 3 is 3.00 bits per heavy atom. The summed E-state index contributed by atoms with van der Waals surface area (Å²) in [5.41, 5.74) is 6.91. The lowest BCUT2D eigenvalue weighted by Gasteiger charge is -2.14. The van der Waals surface area contributed by atoms with Gasteiger partial charge in [-0.15, -0.1) is 0 Å². The van der Waals surface area contributed by atoms with Crippen molar-refractivity contribution >= 4 is 16.7 Å². The van der Waals surface area contributed by atoms with E-state index in [9.17, 15) is 4.79 Å². The van der Waals surface area contributed by atoms with Gasteiger partial charge in [0.15, 0.2) is 5.65 Å². The number of pyridine rings is 1. The van der Waals surface area contributed by atoms with Crippen molar-refractivity contribution in [1.82, 2.24) is 24.3 Å². The highest BCUT2D eigenvalue weighted by molar-refractivity contribution is 5.82. The van der Waals surface area contributed by atoms with Crippen molar-refractivity contribution < 1.29 is 0 Å². The first-order chi connectivity index (χ1) is 13.7. The van der Waals surface area contributed by atoms with Gasteiger partial charge in [0.25, 0.3) is 5.56 Å². The minimum absolute atomic E-state index is 0.150. The monoisotopic (exact) mass is 369 g/mol. The maximum atomic E-state index is 12.4. The van der Waals surface area contributed by atoms with Crippen LogP contribution in [0.4, 0.5) is 0 Å². The van der Waals surface area contributed by atoms with Gasteiger partial charge in [-0.05, 0) is 47.7 Å². The minimum Gasteiger partial charge on any atom is -0.286 e. The van der Waals surface area contributed by atoms with E-state index in [2.05, 4.69) is 39.5 Å². The second-order valence-corrected chi connectivity index (χ2v) is 7.05. The summed E-state index contributed by atoms with van der Waals surface area (Å²) in [4.78, 5) is 21.0. The maximum Gasteiger partial charge on any atom is 0.270 e. The van der Waals surface area contributed by atoms with Crippen LogP contribution in [0.25, 0.3) is 16.7 Å². The molecule has 5 rings (SSSR count). The Balaban J connectivity index is 1.55. The normalized spacial score (nSPS) is 13.4. The Labute approximate surface area is 161 Å². The Morgan fingerprint density at radius 2 is 2.07 bits per heavy atom. The number of nitrogens with zero attached hydrogens (tertiary/aromatic N) is 5. The highest BCUT2D eigenvalue weighted by Gasteiger charge is 2.18. The van der Waals surface area contributed by atoms with Crippen LogP contribution < -0.4 is 5.56 Å². The molecular formula is C22H19N5O. The van der Waals surface area contributed by atoms with Crippen molar-refractivity contribution in [2.45, 2.75) is 19.4 Å². The van der Waals surface area contributed by atoms with Crippen LogP contribution in [-0.4, -0.2) is 24.3 Å². The predicted molar refractivity (Wildman–Crippen MR) is 108 cm³/mol. The van der Waals surface area contributed by atoms with Gasteiger partial charge in [-0.25, -0.2) is 9.97 Å². The smallest absolute Gasteiger partial charge is 0.270 e. The third kappa shape index (κ3) is 2.83. The summed E-state index contributed by atoms with van der Waals surface area (Å²) in [6, 6.07) is 12.0. The van der Waals surface area contributed by atoms with Gasteiger partial charge >= 0.3 is 0 Å². The lowest BCUT2D eigenvalue weighted by Crippen LogP contribution is -2.21. The molecule has 6 nitrogen and oxygen atoms in total. The van der Waals surface area contributed by atoms with Crippen LogP contribution in [0.2, 0.25) is 0 Å². The molecule has 0 spiro atoms. The van der Waals surface area contributed by atoms with Crippen molar-refractivity contribution in [2.75, 3.05) is 0 Å². The molecule has 0 saturated carbocycles. The molecule has 3 heterocycles. The molecule has 0 fully saturated rings. The van der Waals surface area contributed by atoms with Gasteiger partial charge < -0.3 is 0 Å². The van der Waals surface area contributed by atoms with Crippen LogP contribution in [0.15, 0.2) is 65.9 Å². The van der Waals surface area contributed by atoms with E-state index < -0.39 is 0 Å². The molecule has 0 bridgehead atoms. The van der Waals surface area contributed by atoms with Crippen LogP contribution in [0.3, 0.4) is 0 Å². The van der Waals surface area contributed by atoms with Crippen molar-refractivity contribution in [1.29, 1.82) is 0 Å². The summed E-state index contributed by atoms with van der Waals surface area (Å²) in [5.74, 6) is 0. The van der Waals surface area contributed by atoms with Crippen molar-refractivity contribution in [3.05, 3.63) is 93.8 Å². The van der Waals surface area contributed by atoms with E-state index in [1.54, 1.807) is 10.8 Å². The van der Waals surface area contributed by atoms with Crippen LogP contribution in [0.1, 0.15) is 28.8 Å². The van der Waals surface area contributed by atoms with Crippen LogP contribution >= 0.6 is 0 Å². The lowest BCUT2D eigenvalue weighted by molar-refractivity contribution is 0.739. The summed E-state index contributed by atoms with van der Waals surface area (Å²) in [6.07, 6.45) is 9.37. The van der Waals surface area contributed by atoms with E-state index in [1.165, 1.54) is 17.3 Å². The molecule has 0 N–H and O–H groups in total. The van der Waals surface area contributed by atoms with Gasteiger partial charge in [-0.2, -0.15) is 5.10 Å². The molecule has 3 aromatic heterocycles. The lowest BCUT2D eigenvalue weighted by atomic mass is 9.91. The zero-order valence-electron chi connectivity index (χ0n) is 15.5. The topological polar surface area (TPSA) is 65.6 Å². The fourth-order valence-corrected chi connectivity index (χ4v) is 3.85. The average molecular weight is 369 g/mol. The zero-order valence-corrected chi connectivity index (χ0v) is 15.5. The van der Waals surface area contributed by atoms with Crippen LogP contribution in [0, 0.1) is 0 Å². The van der Waals surface area contributed by atoms with Crippen molar-refractivity contribution in [3.63, 3.8) is 0 Å². The van der Waals surface area contributed by atoms with E-state index in [0.717, 1.165) is 29.7 Å². The average Bonchev–Trinajstić information content (AvgIpc) is 3.10. The molecule has 0 unspecified atom stereocenters. The summed E-state index contributed by atoms with van der Waals surface area (Å²) < 4.78 is 3.55. The van der Waals surface area contributed by atoms with Gasteiger partial charge in [-0.1, -0.05) is 24.3 Å². The molecule has 28 heavy (non-hydrogen) atoms. The number of hydrogen-bond acceptors (Lipinski definition) is 4. The molecule has 0 aliphatic heterocycles. The highest BCUT2D eigenvalue weighted by Crippen LogP contribution is 2.31. The third-order valence-corrected chi connectivity index (χ3v) is 5.11. The van der Waals surface area contributed by atoms with E-state index in [4.69, 9.17) is 0 Å². The molecule has 4 aromatic rings. The molecule has 138 valence electrons. The molecule has 1 aliphatic carbocycles. The number of fused-ring (bicyclic) bond motifs is 2. The Kier molecular flexibility index (Phi) is 3.90. The maximum absolute atomic E-state index is 12.4. The second-order valence-electron chi connectivity index (χ2n) is 7.05. The summed E-state index contributed by atoms with van der Waals surface area (Å²) in [6.45, 7) is 0.454. The Bertz CT molecular complexity index is 1280. The first kappa shape index (κ1) is 16.6. The van der Waals surface area contributed by atoms with Gasteiger partial charge in [0, 0.05) is 25.0 Å². The predicted octanol–water partition coefficient (Wildman–Crippen LogP) is 2.95. The van der Waals surface area contributed by atoms with Crippen molar-refractivity contribution in [2.24, 2.45) is 7.05 Å². The first-order valence-electron chi connectivity index (χ1n) is 9.32. The SMILES string of the molecule is Cn1cc2c(n1)CCC=C2c1cccc(Cn2c(=O)cnc3cccnc32)c1. The minimum atomic E-state index is -0.150. The first-order valence-corrected chi connectivity index (χ1v) is 9.32. The van der Waals surface area contributed by atoms with E-state index in [-0.39, 0.29) is 5.56 Å². The number of benzene rings is 1. The highest BCUT2D eigenvalue weighted by atomic mass is 16.1. The van der Waals surface area contributed by atoms with Gasteiger partial charge in [0.05, 0.1) is 18.4 Å². The Morgan fingerprint density at radius 1 is 1.14 bits per heavy atom. The molecule has 1 aromatic carbocycles. The van der Waals surface area contributed by atoms with Gasteiger partial charge in [-0.3, -0.25) is 14.0 Å². The number of allylic oxidation sites excluding steroid dienone is 1. The number of aryl methyl sites for hydroxylation is 2. The molecule has 0 saturated heterocycles. The van der Waals surface area contributed by atoms with E-state index in [0.29, 0.717) is 17.7 Å². The number of hydrogen-bond donors (Lipinski definition) is 0. The van der Waals surface area contributed by atoms with Gasteiger partial charge in [0.2, 0.25) is 0 Å². The van der Waals surface area contributed by atoms with Crippen LogP contribution in [0.5, 0.6) is 0 Å². The number of rotatable bonds is 3. The van der Waals surface area contributed by atoms with Gasteiger partial charge in [0.1, 0.15) is 5.52 Å². The molecular weight excluding hydrogens is 350 g/mol. The summed E-state index contributed by atoms with van der Waals surface area (Å²) in [5, 5.41) is 4.58. The Hall–Kier alpha value is -3.54. The molecule has 1 aliphatic rings. The fourth-order valence-electron chi connectivity index (χ4n) is 3.85. The van der Waals surface area contributed by atoms with E-state index >= 15 is 0 Å². The summed E-state index contributed by atoms with van der Waals surface area (Å²) >= 11 is 0. The largest absolute Gasteiger partial charge is 0.286 e. The second kappa shape index (κ2) is 6.56. The molecule has 6 heteroatoms. The zero-order chi connectivity index (χ0) is 19.1. The molecule has 0 radical (unpaired) electrons. The number of aromatic nitrogens is 5. The van der Waals surface area contributed by atoms with Crippen molar-refractivity contribution in [3.8, 4) is 0 Å². The fraction of sp³-hybridized carbons (Fsp3) is 0.182. The molecule has 0 atom stereocenters. The summed E-state index contributed by atoms with van der Waals surface area (Å²) in [7, 11) is 1.96. The third-order valence-electron chi connectivity index (χ3n) is 5.11.